The second-order valence-corrected chi connectivity index (χ2v) is 10.2. The van der Waals surface area contributed by atoms with Gasteiger partial charge in [-0.1, -0.05) is 11.6 Å². The van der Waals surface area contributed by atoms with Crippen LogP contribution in [0.15, 0.2) is 27.4 Å². The van der Waals surface area contributed by atoms with Crippen LogP contribution in [0.2, 0.25) is 0 Å². The Morgan fingerprint density at radius 3 is 2.72 bits per heavy atom. The van der Waals surface area contributed by atoms with Crippen molar-refractivity contribution in [2.75, 3.05) is 13.6 Å². The lowest BCUT2D eigenvalue weighted by molar-refractivity contribution is -0.128. The summed E-state index contributed by atoms with van der Waals surface area (Å²) < 4.78 is 22.9. The van der Waals surface area contributed by atoms with Crippen molar-refractivity contribution >= 4 is 5.78 Å². The molecular weight excluding hydrogens is 462 g/mol. The zero-order chi connectivity index (χ0) is 24.7. The van der Waals surface area contributed by atoms with Gasteiger partial charge < -0.3 is 18.5 Å². The number of aromatic nitrogens is 4. The van der Waals surface area contributed by atoms with Gasteiger partial charge in [0, 0.05) is 24.1 Å². The van der Waals surface area contributed by atoms with Crippen molar-refractivity contribution in [3.63, 3.8) is 0 Å². The number of fused-ring (bicyclic) bond motifs is 2. The number of hydrogen-bond acceptors (Lipinski definition) is 10. The predicted octanol–water partition coefficient (Wildman–Crippen LogP) is 4.49. The highest BCUT2D eigenvalue weighted by Gasteiger charge is 2.48. The molecule has 2 fully saturated rings. The number of carbonyl (C=O) groups is 1. The highest BCUT2D eigenvalue weighted by atomic mass is 16.5. The van der Waals surface area contributed by atoms with E-state index in [0.29, 0.717) is 35.6 Å². The van der Waals surface area contributed by atoms with Crippen LogP contribution in [-0.2, 0) is 16.6 Å². The molecule has 10 heteroatoms. The lowest BCUT2D eigenvalue weighted by Crippen LogP contribution is -2.41. The highest BCUT2D eigenvalue weighted by molar-refractivity contribution is 5.91. The first-order chi connectivity index (χ1) is 17.5. The maximum absolute atomic E-state index is 13.1. The standard InChI is InChI=1S/C26H31N5O5/c1-16(18-8-6-13-31(18)2)34-21-15-22(35-20-10-14-33-29-20)28-25(27-21)23-17-7-5-12-26(24(17)36-30-23)11-4-3-9-19(26)32/h10,14-16,18H,3-9,11-13H2,1-2H3/t16-,18-,26+/m0/s1. The normalized spacial score (nSPS) is 25.2. The van der Waals surface area contributed by atoms with E-state index in [4.69, 9.17) is 23.5 Å². The van der Waals surface area contributed by atoms with Crippen LogP contribution >= 0.6 is 0 Å². The summed E-state index contributed by atoms with van der Waals surface area (Å²) in [5.74, 6) is 2.25. The molecule has 190 valence electrons. The summed E-state index contributed by atoms with van der Waals surface area (Å²) in [6.07, 6.45) is 9.42. The third kappa shape index (κ3) is 4.07. The first-order valence-electron chi connectivity index (χ1n) is 12.9. The Hall–Kier alpha value is -3.27. The molecule has 1 saturated heterocycles. The van der Waals surface area contributed by atoms with Crippen molar-refractivity contribution in [1.29, 1.82) is 0 Å². The van der Waals surface area contributed by atoms with E-state index >= 15 is 0 Å². The zero-order valence-electron chi connectivity index (χ0n) is 20.7. The second-order valence-electron chi connectivity index (χ2n) is 10.2. The molecule has 0 bridgehead atoms. The molecule has 3 aromatic rings. The van der Waals surface area contributed by atoms with Gasteiger partial charge in [-0.25, -0.2) is 0 Å². The number of nitrogens with zero attached hydrogens (tertiary/aromatic N) is 5. The Balaban J connectivity index is 1.37. The zero-order valence-corrected chi connectivity index (χ0v) is 20.7. The van der Waals surface area contributed by atoms with Crippen molar-refractivity contribution in [3.05, 3.63) is 29.7 Å². The summed E-state index contributed by atoms with van der Waals surface area (Å²) in [7, 11) is 2.12. The highest BCUT2D eigenvalue weighted by Crippen LogP contribution is 2.47. The van der Waals surface area contributed by atoms with Crippen molar-refractivity contribution in [2.45, 2.75) is 82.3 Å². The fourth-order valence-corrected chi connectivity index (χ4v) is 6.15. The quantitative estimate of drug-likeness (QED) is 0.486. The van der Waals surface area contributed by atoms with Gasteiger partial charge in [-0.2, -0.15) is 9.97 Å². The van der Waals surface area contributed by atoms with E-state index < -0.39 is 5.41 Å². The Labute approximate surface area is 209 Å². The number of likely N-dealkylation sites (N-methyl/N-ethyl adjacent to an activating group) is 1. The van der Waals surface area contributed by atoms with E-state index in [2.05, 4.69) is 34.2 Å². The molecule has 10 nitrogen and oxygen atoms in total. The fraction of sp³-hybridized carbons (Fsp3) is 0.577. The molecular formula is C26H31N5O5. The van der Waals surface area contributed by atoms with Crippen LogP contribution < -0.4 is 9.47 Å². The molecule has 1 aliphatic heterocycles. The van der Waals surface area contributed by atoms with E-state index in [-0.39, 0.29) is 23.6 Å². The molecule has 1 saturated carbocycles. The number of likely N-dealkylation sites (tertiary alicyclic amines) is 1. The molecule has 0 radical (unpaired) electrons. The van der Waals surface area contributed by atoms with E-state index in [1.165, 1.54) is 6.26 Å². The van der Waals surface area contributed by atoms with Crippen LogP contribution in [0, 0.1) is 0 Å². The van der Waals surface area contributed by atoms with Gasteiger partial charge in [0.25, 0.3) is 5.88 Å². The van der Waals surface area contributed by atoms with Crippen molar-refractivity contribution in [2.24, 2.45) is 0 Å². The van der Waals surface area contributed by atoms with Gasteiger partial charge in [0.05, 0.1) is 11.5 Å². The molecule has 0 unspecified atom stereocenters. The minimum atomic E-state index is -0.563. The van der Waals surface area contributed by atoms with Crippen LogP contribution in [-0.4, -0.2) is 56.7 Å². The average molecular weight is 494 g/mol. The summed E-state index contributed by atoms with van der Waals surface area (Å²) in [5.41, 5.74) is 0.903. The van der Waals surface area contributed by atoms with Gasteiger partial charge in [-0.3, -0.25) is 9.69 Å². The summed E-state index contributed by atoms with van der Waals surface area (Å²) in [4.78, 5) is 24.7. The summed E-state index contributed by atoms with van der Waals surface area (Å²) in [5, 5.41) is 8.22. The van der Waals surface area contributed by atoms with Gasteiger partial charge in [0.1, 0.15) is 18.2 Å². The number of carbonyl (C=O) groups excluding carboxylic acids is 1. The van der Waals surface area contributed by atoms with E-state index in [0.717, 1.165) is 63.5 Å². The van der Waals surface area contributed by atoms with Crippen LogP contribution in [0.3, 0.4) is 0 Å². The molecule has 3 aromatic heterocycles. The van der Waals surface area contributed by atoms with Crippen molar-refractivity contribution < 1.29 is 23.3 Å². The molecule has 1 spiro atoms. The molecule has 6 rings (SSSR count). The first kappa shape index (κ1) is 23.1. The molecule has 3 aliphatic rings. The number of rotatable bonds is 6. The Bertz CT molecular complexity index is 1240. The van der Waals surface area contributed by atoms with Crippen molar-refractivity contribution in [1.82, 2.24) is 25.2 Å². The minimum absolute atomic E-state index is 0.0745. The molecule has 0 aromatic carbocycles. The van der Waals surface area contributed by atoms with Gasteiger partial charge in [0.2, 0.25) is 11.8 Å². The van der Waals surface area contributed by atoms with Crippen LogP contribution in [0.5, 0.6) is 17.6 Å². The summed E-state index contributed by atoms with van der Waals surface area (Å²) >= 11 is 0. The van der Waals surface area contributed by atoms with Gasteiger partial charge in [-0.15, -0.1) is 0 Å². The third-order valence-electron chi connectivity index (χ3n) is 7.98. The lowest BCUT2D eigenvalue weighted by atomic mass is 9.64. The smallest absolute Gasteiger partial charge is 0.260 e. The SMILES string of the molecule is C[C@H](Oc1cc(Oc2ccon2)nc(-c2noc3c2CCC[C@@]32CCCCC2=O)n1)[C@@H]1CCCN1C. The van der Waals surface area contributed by atoms with Gasteiger partial charge in [0.15, 0.2) is 17.3 Å². The fourth-order valence-electron chi connectivity index (χ4n) is 6.15. The Morgan fingerprint density at radius 2 is 1.94 bits per heavy atom. The first-order valence-corrected chi connectivity index (χ1v) is 12.9. The van der Waals surface area contributed by atoms with Crippen LogP contribution in [0.1, 0.15) is 69.6 Å². The van der Waals surface area contributed by atoms with Crippen LogP contribution in [0.25, 0.3) is 11.5 Å². The molecule has 4 heterocycles. The number of Topliss-reactive ketones (excluding diaryl/α,β-unsaturated/α-hetero) is 1. The van der Waals surface area contributed by atoms with E-state index in [1.807, 2.05) is 0 Å². The minimum Gasteiger partial charge on any atom is -0.473 e. The average Bonchev–Trinajstić information content (AvgIpc) is 3.62. The topological polar surface area (TPSA) is 117 Å². The lowest BCUT2D eigenvalue weighted by Gasteiger charge is -2.36. The van der Waals surface area contributed by atoms with Crippen LogP contribution in [0.4, 0.5) is 0 Å². The molecule has 0 N–H and O–H groups in total. The molecule has 2 aliphatic carbocycles. The molecule has 3 atom stereocenters. The number of ether oxygens (including phenoxy) is 2. The maximum atomic E-state index is 13.1. The largest absolute Gasteiger partial charge is 0.473 e. The third-order valence-corrected chi connectivity index (χ3v) is 7.98. The summed E-state index contributed by atoms with van der Waals surface area (Å²) in [6.45, 7) is 3.11. The summed E-state index contributed by atoms with van der Waals surface area (Å²) in [6, 6.07) is 3.57. The Kier molecular flexibility index (Phi) is 5.99. The van der Waals surface area contributed by atoms with Gasteiger partial charge >= 0.3 is 0 Å². The second kappa shape index (κ2) is 9.31. The number of ketones is 1. The number of hydrogen-bond donors (Lipinski definition) is 0. The molecule has 0 amide bonds. The Morgan fingerprint density at radius 1 is 1.08 bits per heavy atom. The molecule has 36 heavy (non-hydrogen) atoms. The van der Waals surface area contributed by atoms with E-state index in [9.17, 15) is 4.79 Å². The van der Waals surface area contributed by atoms with Gasteiger partial charge in [-0.05, 0) is 70.6 Å². The van der Waals surface area contributed by atoms with E-state index in [1.54, 1.807) is 12.1 Å². The van der Waals surface area contributed by atoms with Crippen molar-refractivity contribution in [3.8, 4) is 29.2 Å². The predicted molar refractivity (Wildman–Crippen MR) is 128 cm³/mol. The maximum Gasteiger partial charge on any atom is 0.260 e. The monoisotopic (exact) mass is 493 g/mol.